The number of aromatic amines is 1. The van der Waals surface area contributed by atoms with Crippen LogP contribution in [0.4, 0.5) is 4.39 Å². The van der Waals surface area contributed by atoms with Crippen LogP contribution in [0.1, 0.15) is 21.6 Å². The molecule has 0 unspecified atom stereocenters. The smallest absolute Gasteiger partial charge is 0.272 e. The minimum absolute atomic E-state index is 0.264. The molecule has 0 aliphatic rings. The summed E-state index contributed by atoms with van der Waals surface area (Å²) in [5.41, 5.74) is 3.17. The van der Waals surface area contributed by atoms with Crippen LogP contribution in [0.15, 0.2) is 41.8 Å². The van der Waals surface area contributed by atoms with Crippen LogP contribution in [0.25, 0.3) is 10.6 Å². The fraction of sp³-hybridized carbons (Fsp3) is 0.125. The van der Waals surface area contributed by atoms with Crippen molar-refractivity contribution in [1.29, 1.82) is 0 Å². The Hall–Kier alpha value is -2.47. The highest BCUT2D eigenvalue weighted by atomic mass is 32.1. The third kappa shape index (κ3) is 3.23. The van der Waals surface area contributed by atoms with Crippen molar-refractivity contribution < 1.29 is 9.18 Å². The predicted octanol–water partition coefficient (Wildman–Crippen LogP) is 3.52. The van der Waals surface area contributed by atoms with Gasteiger partial charge in [0.2, 0.25) is 0 Å². The van der Waals surface area contributed by atoms with Gasteiger partial charge in [0.1, 0.15) is 5.82 Å². The minimum Gasteiger partial charge on any atom is -0.347 e. The zero-order valence-electron chi connectivity index (χ0n) is 11.9. The zero-order chi connectivity index (χ0) is 15.5. The second kappa shape index (κ2) is 6.11. The molecule has 2 heterocycles. The summed E-state index contributed by atoms with van der Waals surface area (Å²) in [5, 5.41) is 11.7. The van der Waals surface area contributed by atoms with Gasteiger partial charge in [-0.3, -0.25) is 9.89 Å². The van der Waals surface area contributed by atoms with Crippen LogP contribution in [-0.2, 0) is 6.54 Å². The average molecular weight is 315 g/mol. The Balaban J connectivity index is 1.65. The van der Waals surface area contributed by atoms with E-state index in [0.29, 0.717) is 12.2 Å². The Morgan fingerprint density at radius 2 is 2.09 bits per heavy atom. The van der Waals surface area contributed by atoms with Crippen LogP contribution in [0, 0.1) is 12.7 Å². The molecule has 0 atom stereocenters. The number of nitrogens with one attached hydrogen (secondary N) is 2. The van der Waals surface area contributed by atoms with Crippen LogP contribution in [0.2, 0.25) is 0 Å². The van der Waals surface area contributed by atoms with Gasteiger partial charge in [0, 0.05) is 6.54 Å². The Kier molecular flexibility index (Phi) is 4.02. The molecule has 4 nitrogen and oxygen atoms in total. The van der Waals surface area contributed by atoms with Crippen molar-refractivity contribution in [3.63, 3.8) is 0 Å². The molecule has 22 heavy (non-hydrogen) atoms. The molecular formula is C16H14FN3OS. The van der Waals surface area contributed by atoms with Crippen LogP contribution >= 0.6 is 11.3 Å². The van der Waals surface area contributed by atoms with Crippen molar-refractivity contribution >= 4 is 17.2 Å². The summed E-state index contributed by atoms with van der Waals surface area (Å²) >= 11 is 1.60. The van der Waals surface area contributed by atoms with Crippen molar-refractivity contribution in [3.8, 4) is 10.6 Å². The number of amides is 1. The molecule has 0 saturated heterocycles. The largest absolute Gasteiger partial charge is 0.347 e. The van der Waals surface area contributed by atoms with Gasteiger partial charge in [0.15, 0.2) is 5.69 Å². The number of rotatable bonds is 4. The molecule has 3 aromatic rings. The average Bonchev–Trinajstić information content (AvgIpc) is 3.15. The van der Waals surface area contributed by atoms with Crippen molar-refractivity contribution in [1.82, 2.24) is 15.5 Å². The summed E-state index contributed by atoms with van der Waals surface area (Å²) in [6, 6.07) is 9.78. The molecule has 3 rings (SSSR count). The summed E-state index contributed by atoms with van der Waals surface area (Å²) in [4.78, 5) is 13.1. The molecule has 1 aromatic carbocycles. The van der Waals surface area contributed by atoms with Gasteiger partial charge in [0.25, 0.3) is 5.91 Å². The maximum atomic E-state index is 12.8. The Labute approximate surface area is 131 Å². The van der Waals surface area contributed by atoms with Gasteiger partial charge < -0.3 is 5.32 Å². The molecule has 0 spiro atoms. The second-order valence-electron chi connectivity index (χ2n) is 4.96. The first-order chi connectivity index (χ1) is 10.6. The van der Waals surface area contributed by atoms with Crippen LogP contribution < -0.4 is 5.32 Å². The number of benzene rings is 1. The van der Waals surface area contributed by atoms with E-state index >= 15 is 0 Å². The molecule has 0 saturated carbocycles. The molecule has 0 aliphatic heterocycles. The van der Waals surface area contributed by atoms with Crippen molar-refractivity contribution in [2.45, 2.75) is 13.5 Å². The van der Waals surface area contributed by atoms with Gasteiger partial charge in [-0.25, -0.2) is 4.39 Å². The number of aryl methyl sites for hydroxylation is 1. The molecular weight excluding hydrogens is 301 g/mol. The fourth-order valence-electron chi connectivity index (χ4n) is 2.01. The third-order valence-corrected chi connectivity index (χ3v) is 4.25. The molecule has 112 valence electrons. The van der Waals surface area contributed by atoms with E-state index in [1.807, 2.05) is 18.4 Å². The highest BCUT2D eigenvalue weighted by Gasteiger charge is 2.12. The molecule has 0 radical (unpaired) electrons. The fourth-order valence-corrected chi connectivity index (χ4v) is 2.88. The lowest BCUT2D eigenvalue weighted by Crippen LogP contribution is -2.23. The first-order valence-corrected chi connectivity index (χ1v) is 7.63. The van der Waals surface area contributed by atoms with Crippen LogP contribution in [-0.4, -0.2) is 16.1 Å². The minimum atomic E-state index is -0.293. The van der Waals surface area contributed by atoms with Crippen LogP contribution in [0.3, 0.4) is 0 Å². The molecule has 1 amide bonds. The topological polar surface area (TPSA) is 57.8 Å². The van der Waals surface area contributed by atoms with E-state index in [2.05, 4.69) is 15.5 Å². The molecule has 0 aliphatic carbocycles. The van der Waals surface area contributed by atoms with Gasteiger partial charge in [-0.15, -0.1) is 11.3 Å². The molecule has 0 bridgehead atoms. The van der Waals surface area contributed by atoms with E-state index in [-0.39, 0.29) is 11.7 Å². The number of carbonyl (C=O) groups is 1. The first-order valence-electron chi connectivity index (χ1n) is 6.75. The summed E-state index contributed by atoms with van der Waals surface area (Å²) in [6.07, 6.45) is 0. The maximum Gasteiger partial charge on any atom is 0.272 e. The molecule has 2 N–H and O–H groups in total. The van der Waals surface area contributed by atoms with E-state index < -0.39 is 0 Å². The number of hydrogen-bond donors (Lipinski definition) is 2. The Morgan fingerprint density at radius 1 is 1.32 bits per heavy atom. The quantitative estimate of drug-likeness (QED) is 0.774. The number of aromatic nitrogens is 2. The normalized spacial score (nSPS) is 10.6. The van der Waals surface area contributed by atoms with Gasteiger partial charge in [-0.2, -0.15) is 5.10 Å². The SMILES string of the molecule is Cc1csc(-c2cc(C(=O)NCc3ccc(F)cc3)n[nH]2)c1. The lowest BCUT2D eigenvalue weighted by Gasteiger charge is -2.02. The number of hydrogen-bond acceptors (Lipinski definition) is 3. The van der Waals surface area contributed by atoms with E-state index in [1.165, 1.54) is 17.7 Å². The number of H-pyrrole nitrogens is 1. The molecule has 6 heteroatoms. The van der Waals surface area contributed by atoms with E-state index in [0.717, 1.165) is 16.1 Å². The number of nitrogens with zero attached hydrogens (tertiary/aromatic N) is 1. The lowest BCUT2D eigenvalue weighted by atomic mass is 10.2. The van der Waals surface area contributed by atoms with Crippen molar-refractivity contribution in [3.05, 3.63) is 64.4 Å². The number of carbonyl (C=O) groups excluding carboxylic acids is 1. The van der Waals surface area contributed by atoms with E-state index in [9.17, 15) is 9.18 Å². The summed E-state index contributed by atoms with van der Waals surface area (Å²) < 4.78 is 12.8. The predicted molar refractivity (Wildman–Crippen MR) is 84.2 cm³/mol. The number of halogens is 1. The van der Waals surface area contributed by atoms with E-state index in [4.69, 9.17) is 0 Å². The van der Waals surface area contributed by atoms with Gasteiger partial charge in [0.05, 0.1) is 10.6 Å². The summed E-state index contributed by atoms with van der Waals surface area (Å²) in [7, 11) is 0. The molecule has 2 aromatic heterocycles. The van der Waals surface area contributed by atoms with Crippen molar-refractivity contribution in [2.75, 3.05) is 0 Å². The summed E-state index contributed by atoms with van der Waals surface area (Å²) in [6.45, 7) is 2.35. The van der Waals surface area contributed by atoms with Gasteiger partial charge in [-0.1, -0.05) is 12.1 Å². The van der Waals surface area contributed by atoms with Crippen LogP contribution in [0.5, 0.6) is 0 Å². The zero-order valence-corrected chi connectivity index (χ0v) is 12.7. The van der Waals surface area contributed by atoms with Crippen molar-refractivity contribution in [2.24, 2.45) is 0 Å². The Morgan fingerprint density at radius 3 is 2.77 bits per heavy atom. The monoisotopic (exact) mass is 315 g/mol. The summed E-state index contributed by atoms with van der Waals surface area (Å²) in [5.74, 6) is -0.557. The molecule has 0 fully saturated rings. The van der Waals surface area contributed by atoms with Gasteiger partial charge >= 0.3 is 0 Å². The van der Waals surface area contributed by atoms with E-state index in [1.54, 1.807) is 29.5 Å². The standard InChI is InChI=1S/C16H14FN3OS/c1-10-6-15(22-9-10)13-7-14(20-19-13)16(21)18-8-11-2-4-12(17)5-3-11/h2-7,9H,8H2,1H3,(H,18,21)(H,19,20). The third-order valence-electron chi connectivity index (χ3n) is 3.17. The highest BCUT2D eigenvalue weighted by molar-refractivity contribution is 7.13. The highest BCUT2D eigenvalue weighted by Crippen LogP contribution is 2.25. The number of thiophene rings is 1. The van der Waals surface area contributed by atoms with Gasteiger partial charge in [-0.05, 0) is 47.7 Å². The lowest BCUT2D eigenvalue weighted by molar-refractivity contribution is 0.0946. The second-order valence-corrected chi connectivity index (χ2v) is 5.88. The maximum absolute atomic E-state index is 12.8. The first kappa shape index (κ1) is 14.5. The Bertz CT molecular complexity index is 792.